The molecule has 0 aliphatic rings. The Bertz CT molecular complexity index is 1260. The van der Waals surface area contributed by atoms with Gasteiger partial charge in [0.15, 0.2) is 10.9 Å². The first-order valence-electron chi connectivity index (χ1n) is 9.57. The predicted octanol–water partition coefficient (Wildman–Crippen LogP) is 5.69. The van der Waals surface area contributed by atoms with E-state index < -0.39 is 0 Å². The quantitative estimate of drug-likeness (QED) is 0.185. The van der Waals surface area contributed by atoms with Crippen LogP contribution in [-0.2, 0) is 17.0 Å². The highest BCUT2D eigenvalue weighted by Crippen LogP contribution is 2.27. The standard InChI is InChI=1S/C22H19Cl2N3O3S/c1-29-10-2-9-27-21(28)17-8-7-16(24)11-18(17)26-22(27)31-13-20-25-12-19(30-20)14-3-5-15(23)6-4-14/h3-8,11-12H,2,9-10,13H2,1H3. The number of oxazole rings is 1. The predicted molar refractivity (Wildman–Crippen MR) is 124 cm³/mol. The molecule has 0 radical (unpaired) electrons. The Balaban J connectivity index is 1.60. The van der Waals surface area contributed by atoms with Crippen molar-refractivity contribution in [3.8, 4) is 11.3 Å². The van der Waals surface area contributed by atoms with Crippen molar-refractivity contribution in [2.45, 2.75) is 23.9 Å². The fourth-order valence-corrected chi connectivity index (χ4v) is 4.27. The average Bonchev–Trinajstić information content (AvgIpc) is 3.23. The lowest BCUT2D eigenvalue weighted by Crippen LogP contribution is -2.24. The van der Waals surface area contributed by atoms with Gasteiger partial charge in [-0.05, 0) is 48.9 Å². The molecule has 0 spiro atoms. The maximum Gasteiger partial charge on any atom is 0.262 e. The monoisotopic (exact) mass is 475 g/mol. The second-order valence-electron chi connectivity index (χ2n) is 6.77. The van der Waals surface area contributed by atoms with Crippen molar-refractivity contribution in [1.82, 2.24) is 14.5 Å². The van der Waals surface area contributed by atoms with E-state index >= 15 is 0 Å². The Morgan fingerprint density at radius 1 is 1.13 bits per heavy atom. The van der Waals surface area contributed by atoms with Crippen LogP contribution in [0, 0.1) is 0 Å². The Hall–Kier alpha value is -2.32. The highest BCUT2D eigenvalue weighted by Gasteiger charge is 2.14. The average molecular weight is 476 g/mol. The largest absolute Gasteiger partial charge is 0.440 e. The van der Waals surface area contributed by atoms with E-state index in [4.69, 9.17) is 32.4 Å². The smallest absolute Gasteiger partial charge is 0.262 e. The summed E-state index contributed by atoms with van der Waals surface area (Å²) in [6.07, 6.45) is 2.38. The van der Waals surface area contributed by atoms with E-state index in [0.717, 1.165) is 5.56 Å². The van der Waals surface area contributed by atoms with Crippen molar-refractivity contribution in [3.05, 3.63) is 75.0 Å². The van der Waals surface area contributed by atoms with Crippen LogP contribution in [0.15, 0.2) is 63.0 Å². The van der Waals surface area contributed by atoms with Gasteiger partial charge in [0, 0.05) is 35.9 Å². The lowest BCUT2D eigenvalue weighted by Gasteiger charge is -2.12. The number of benzene rings is 2. The molecular weight excluding hydrogens is 457 g/mol. The molecule has 0 aliphatic heterocycles. The van der Waals surface area contributed by atoms with Gasteiger partial charge in [-0.15, -0.1) is 0 Å². The molecule has 0 aliphatic carbocycles. The number of rotatable bonds is 8. The Kier molecular flexibility index (Phi) is 6.97. The minimum Gasteiger partial charge on any atom is -0.440 e. The van der Waals surface area contributed by atoms with Gasteiger partial charge >= 0.3 is 0 Å². The molecule has 0 N–H and O–H groups in total. The maximum absolute atomic E-state index is 13.1. The topological polar surface area (TPSA) is 70.2 Å². The van der Waals surface area contributed by atoms with Crippen molar-refractivity contribution in [2.75, 3.05) is 13.7 Å². The van der Waals surface area contributed by atoms with E-state index in [9.17, 15) is 4.79 Å². The molecule has 6 nitrogen and oxygen atoms in total. The third-order valence-corrected chi connectivity index (χ3v) is 6.07. The minimum absolute atomic E-state index is 0.102. The summed E-state index contributed by atoms with van der Waals surface area (Å²) < 4.78 is 12.7. The fraction of sp³-hybridized carbons (Fsp3) is 0.227. The third-order valence-electron chi connectivity index (χ3n) is 4.62. The van der Waals surface area contributed by atoms with Gasteiger partial charge in [-0.2, -0.15) is 0 Å². The van der Waals surface area contributed by atoms with Gasteiger partial charge in [0.2, 0.25) is 5.89 Å². The number of nitrogens with zero attached hydrogens (tertiary/aromatic N) is 3. The Labute approximate surface area is 193 Å². The molecule has 2 heterocycles. The van der Waals surface area contributed by atoms with Gasteiger partial charge in [-0.25, -0.2) is 9.97 Å². The van der Waals surface area contributed by atoms with Crippen LogP contribution in [0.2, 0.25) is 10.0 Å². The number of hydrogen-bond donors (Lipinski definition) is 0. The van der Waals surface area contributed by atoms with Crippen molar-refractivity contribution < 1.29 is 9.15 Å². The van der Waals surface area contributed by atoms with Gasteiger partial charge in [-0.3, -0.25) is 9.36 Å². The van der Waals surface area contributed by atoms with Gasteiger partial charge in [0.25, 0.3) is 5.56 Å². The number of hydrogen-bond acceptors (Lipinski definition) is 6. The van der Waals surface area contributed by atoms with Crippen LogP contribution in [0.25, 0.3) is 22.2 Å². The first-order valence-corrected chi connectivity index (χ1v) is 11.3. The van der Waals surface area contributed by atoms with E-state index in [-0.39, 0.29) is 5.56 Å². The molecule has 2 aromatic heterocycles. The first kappa shape index (κ1) is 21.9. The summed E-state index contributed by atoms with van der Waals surface area (Å²) in [7, 11) is 1.64. The van der Waals surface area contributed by atoms with Gasteiger partial charge in [-0.1, -0.05) is 35.0 Å². The van der Waals surface area contributed by atoms with Crippen molar-refractivity contribution in [3.63, 3.8) is 0 Å². The normalized spacial score (nSPS) is 11.3. The molecule has 0 unspecified atom stereocenters. The van der Waals surface area contributed by atoms with Gasteiger partial charge in [0.05, 0.1) is 22.9 Å². The lowest BCUT2D eigenvalue weighted by molar-refractivity contribution is 0.189. The molecule has 2 aromatic carbocycles. The summed E-state index contributed by atoms with van der Waals surface area (Å²) in [6.45, 7) is 1.06. The van der Waals surface area contributed by atoms with Crippen molar-refractivity contribution in [1.29, 1.82) is 0 Å². The summed E-state index contributed by atoms with van der Waals surface area (Å²) in [6, 6.07) is 12.5. The number of methoxy groups -OCH3 is 1. The molecule has 4 aromatic rings. The molecule has 9 heteroatoms. The molecule has 0 atom stereocenters. The number of ether oxygens (including phenoxy) is 1. The number of thioether (sulfide) groups is 1. The summed E-state index contributed by atoms with van der Waals surface area (Å²) in [4.78, 5) is 22.1. The van der Waals surface area contributed by atoms with Crippen LogP contribution in [0.5, 0.6) is 0 Å². The molecule has 0 saturated heterocycles. The zero-order chi connectivity index (χ0) is 21.8. The first-order chi connectivity index (χ1) is 15.0. The highest BCUT2D eigenvalue weighted by atomic mass is 35.5. The molecular formula is C22H19Cl2N3O3S. The van der Waals surface area contributed by atoms with Crippen LogP contribution >= 0.6 is 35.0 Å². The highest BCUT2D eigenvalue weighted by molar-refractivity contribution is 7.98. The van der Waals surface area contributed by atoms with Crippen LogP contribution < -0.4 is 5.56 Å². The van der Waals surface area contributed by atoms with E-state index in [2.05, 4.69) is 9.97 Å². The van der Waals surface area contributed by atoms with Crippen molar-refractivity contribution in [2.24, 2.45) is 0 Å². The second kappa shape index (κ2) is 9.87. The second-order valence-corrected chi connectivity index (χ2v) is 8.59. The number of fused-ring (bicyclic) bond motifs is 1. The van der Waals surface area contributed by atoms with Crippen molar-refractivity contribution >= 4 is 45.9 Å². The minimum atomic E-state index is -0.102. The molecule has 0 fully saturated rings. The van der Waals surface area contributed by atoms with E-state index in [1.54, 1.807) is 48.2 Å². The molecule has 160 valence electrons. The van der Waals surface area contributed by atoms with E-state index in [1.165, 1.54) is 11.8 Å². The molecule has 0 bridgehead atoms. The molecule has 4 rings (SSSR count). The van der Waals surface area contributed by atoms with Crippen LogP contribution in [-0.4, -0.2) is 28.3 Å². The molecule has 31 heavy (non-hydrogen) atoms. The molecule has 0 amide bonds. The fourth-order valence-electron chi connectivity index (χ4n) is 3.10. The Morgan fingerprint density at radius 2 is 1.90 bits per heavy atom. The van der Waals surface area contributed by atoms with E-state index in [0.29, 0.717) is 63.1 Å². The van der Waals surface area contributed by atoms with E-state index in [1.807, 2.05) is 12.1 Å². The number of halogens is 2. The lowest BCUT2D eigenvalue weighted by atomic mass is 10.2. The molecule has 0 saturated carbocycles. The van der Waals surface area contributed by atoms with Crippen LogP contribution in [0.1, 0.15) is 12.3 Å². The van der Waals surface area contributed by atoms with Gasteiger partial charge in [0.1, 0.15) is 0 Å². The zero-order valence-corrected chi connectivity index (χ0v) is 19.0. The summed E-state index contributed by atoms with van der Waals surface area (Å²) in [5.74, 6) is 1.62. The maximum atomic E-state index is 13.1. The van der Waals surface area contributed by atoms with Crippen LogP contribution in [0.4, 0.5) is 0 Å². The third kappa shape index (κ3) is 5.13. The summed E-state index contributed by atoms with van der Waals surface area (Å²) in [5.41, 5.74) is 1.36. The summed E-state index contributed by atoms with van der Waals surface area (Å²) in [5, 5.41) is 2.31. The van der Waals surface area contributed by atoms with Gasteiger partial charge < -0.3 is 9.15 Å². The Morgan fingerprint density at radius 3 is 2.68 bits per heavy atom. The van der Waals surface area contributed by atoms with Crippen LogP contribution in [0.3, 0.4) is 0 Å². The zero-order valence-electron chi connectivity index (χ0n) is 16.7. The SMILES string of the molecule is COCCCn1c(SCc2ncc(-c3ccc(Cl)cc3)o2)nc2cc(Cl)ccc2c1=O. The summed E-state index contributed by atoms with van der Waals surface area (Å²) >= 11 is 13.4. The number of aromatic nitrogens is 3.